The standard InChI is InChI=1S/C14H21NO2/c1-11(2)17-14-9-5-4-8-13(14)15-10-6-7-12(3)16/h4-5,8-9,11,15H,6-7,10H2,1-3H3. The molecule has 0 atom stereocenters. The van der Waals surface area contributed by atoms with Crippen LogP contribution >= 0.6 is 0 Å². The molecule has 0 aromatic heterocycles. The van der Waals surface area contributed by atoms with Gasteiger partial charge in [-0.2, -0.15) is 0 Å². The Morgan fingerprint density at radius 2 is 2.06 bits per heavy atom. The summed E-state index contributed by atoms with van der Waals surface area (Å²) in [7, 11) is 0. The van der Waals surface area contributed by atoms with Crippen LogP contribution in [0.5, 0.6) is 5.75 Å². The first-order valence-corrected chi connectivity index (χ1v) is 6.08. The van der Waals surface area contributed by atoms with Crippen molar-refractivity contribution in [2.45, 2.75) is 39.7 Å². The Labute approximate surface area is 103 Å². The summed E-state index contributed by atoms with van der Waals surface area (Å²) >= 11 is 0. The van der Waals surface area contributed by atoms with E-state index >= 15 is 0 Å². The SMILES string of the molecule is CC(=O)CCCNc1ccccc1OC(C)C. The third kappa shape index (κ3) is 5.38. The van der Waals surface area contributed by atoms with Crippen LogP contribution in [0, 0.1) is 0 Å². The van der Waals surface area contributed by atoms with Gasteiger partial charge in [-0.25, -0.2) is 0 Å². The molecule has 0 saturated heterocycles. The maximum absolute atomic E-state index is 10.8. The molecule has 3 nitrogen and oxygen atoms in total. The topological polar surface area (TPSA) is 38.3 Å². The van der Waals surface area contributed by atoms with E-state index in [0.29, 0.717) is 6.42 Å². The smallest absolute Gasteiger partial charge is 0.142 e. The number of para-hydroxylation sites is 2. The Balaban J connectivity index is 2.49. The highest BCUT2D eigenvalue weighted by Crippen LogP contribution is 2.24. The maximum Gasteiger partial charge on any atom is 0.142 e. The van der Waals surface area contributed by atoms with Crippen molar-refractivity contribution in [1.82, 2.24) is 0 Å². The number of nitrogens with one attached hydrogen (secondary N) is 1. The second kappa shape index (κ2) is 6.94. The van der Waals surface area contributed by atoms with Gasteiger partial charge >= 0.3 is 0 Å². The van der Waals surface area contributed by atoms with E-state index in [4.69, 9.17) is 4.74 Å². The van der Waals surface area contributed by atoms with Gasteiger partial charge < -0.3 is 14.8 Å². The molecule has 0 radical (unpaired) electrons. The Morgan fingerprint density at radius 3 is 2.71 bits per heavy atom. The molecule has 0 unspecified atom stereocenters. The summed E-state index contributed by atoms with van der Waals surface area (Å²) in [6.45, 7) is 6.42. The van der Waals surface area contributed by atoms with Crippen LogP contribution in [0.25, 0.3) is 0 Å². The largest absolute Gasteiger partial charge is 0.489 e. The fraction of sp³-hybridized carbons (Fsp3) is 0.500. The number of hydrogen-bond donors (Lipinski definition) is 1. The lowest BCUT2D eigenvalue weighted by molar-refractivity contribution is -0.117. The van der Waals surface area contributed by atoms with Crippen LogP contribution < -0.4 is 10.1 Å². The van der Waals surface area contributed by atoms with Crippen molar-refractivity contribution >= 4 is 11.5 Å². The van der Waals surface area contributed by atoms with Crippen LogP contribution in [-0.2, 0) is 4.79 Å². The van der Waals surface area contributed by atoms with Gasteiger partial charge in [0, 0.05) is 13.0 Å². The van der Waals surface area contributed by atoms with Crippen LogP contribution in [-0.4, -0.2) is 18.4 Å². The highest BCUT2D eigenvalue weighted by molar-refractivity contribution is 5.75. The van der Waals surface area contributed by atoms with E-state index in [9.17, 15) is 4.79 Å². The predicted molar refractivity (Wildman–Crippen MR) is 70.6 cm³/mol. The van der Waals surface area contributed by atoms with Gasteiger partial charge in [0.1, 0.15) is 11.5 Å². The Kier molecular flexibility index (Phi) is 5.53. The highest BCUT2D eigenvalue weighted by atomic mass is 16.5. The normalized spacial score (nSPS) is 10.4. The molecule has 0 saturated carbocycles. The van der Waals surface area contributed by atoms with Gasteiger partial charge in [0.2, 0.25) is 0 Å². The molecule has 0 spiro atoms. The van der Waals surface area contributed by atoms with Crippen molar-refractivity contribution in [2.75, 3.05) is 11.9 Å². The minimum atomic E-state index is 0.162. The van der Waals surface area contributed by atoms with Gasteiger partial charge in [0.25, 0.3) is 0 Å². The first-order valence-electron chi connectivity index (χ1n) is 6.08. The molecule has 1 rings (SSSR count). The van der Waals surface area contributed by atoms with Crippen molar-refractivity contribution in [2.24, 2.45) is 0 Å². The Morgan fingerprint density at radius 1 is 1.35 bits per heavy atom. The highest BCUT2D eigenvalue weighted by Gasteiger charge is 2.04. The van der Waals surface area contributed by atoms with Crippen LogP contribution in [0.15, 0.2) is 24.3 Å². The zero-order valence-electron chi connectivity index (χ0n) is 10.8. The monoisotopic (exact) mass is 235 g/mol. The van der Waals surface area contributed by atoms with Crippen LogP contribution in [0.3, 0.4) is 0 Å². The number of benzene rings is 1. The van der Waals surface area contributed by atoms with Gasteiger partial charge in [-0.3, -0.25) is 0 Å². The molecular formula is C14H21NO2. The number of carbonyl (C=O) groups excluding carboxylic acids is 1. The lowest BCUT2D eigenvalue weighted by Gasteiger charge is -2.15. The number of Topliss-reactive ketones (excluding diaryl/α,β-unsaturated/α-hetero) is 1. The van der Waals surface area contributed by atoms with Gasteiger partial charge in [-0.15, -0.1) is 0 Å². The molecular weight excluding hydrogens is 214 g/mol. The molecule has 0 aliphatic rings. The second-order valence-corrected chi connectivity index (χ2v) is 4.40. The third-order valence-corrected chi connectivity index (χ3v) is 2.27. The zero-order chi connectivity index (χ0) is 12.7. The third-order valence-electron chi connectivity index (χ3n) is 2.27. The fourth-order valence-electron chi connectivity index (χ4n) is 1.53. The molecule has 0 aliphatic carbocycles. The lowest BCUT2D eigenvalue weighted by Crippen LogP contribution is -2.09. The molecule has 0 bridgehead atoms. The van der Waals surface area contributed by atoms with Gasteiger partial charge in [0.15, 0.2) is 0 Å². The fourth-order valence-corrected chi connectivity index (χ4v) is 1.53. The molecule has 17 heavy (non-hydrogen) atoms. The first kappa shape index (κ1) is 13.6. The van der Waals surface area contributed by atoms with Crippen molar-refractivity contribution < 1.29 is 9.53 Å². The van der Waals surface area contributed by atoms with E-state index in [0.717, 1.165) is 24.4 Å². The summed E-state index contributed by atoms with van der Waals surface area (Å²) < 4.78 is 5.69. The van der Waals surface area contributed by atoms with Crippen LogP contribution in [0.1, 0.15) is 33.6 Å². The Hall–Kier alpha value is -1.51. The van der Waals surface area contributed by atoms with E-state index in [1.807, 2.05) is 38.1 Å². The maximum atomic E-state index is 10.8. The quantitative estimate of drug-likeness (QED) is 0.737. The van der Waals surface area contributed by atoms with Crippen molar-refractivity contribution in [3.63, 3.8) is 0 Å². The van der Waals surface area contributed by atoms with Crippen LogP contribution in [0.4, 0.5) is 5.69 Å². The number of ether oxygens (including phenoxy) is 1. The summed E-state index contributed by atoms with van der Waals surface area (Å²) in [6, 6.07) is 7.87. The van der Waals surface area contributed by atoms with E-state index < -0.39 is 0 Å². The predicted octanol–water partition coefficient (Wildman–Crippen LogP) is 3.25. The van der Waals surface area contributed by atoms with E-state index in [1.165, 1.54) is 0 Å². The molecule has 1 aromatic rings. The number of carbonyl (C=O) groups is 1. The minimum absolute atomic E-state index is 0.162. The number of hydrogen-bond acceptors (Lipinski definition) is 3. The molecule has 0 fully saturated rings. The van der Waals surface area contributed by atoms with Gasteiger partial charge in [-0.1, -0.05) is 12.1 Å². The van der Waals surface area contributed by atoms with Crippen molar-refractivity contribution in [3.8, 4) is 5.75 Å². The summed E-state index contributed by atoms with van der Waals surface area (Å²) in [5, 5.41) is 3.30. The average molecular weight is 235 g/mol. The number of anilines is 1. The van der Waals surface area contributed by atoms with E-state index in [2.05, 4.69) is 5.32 Å². The minimum Gasteiger partial charge on any atom is -0.489 e. The lowest BCUT2D eigenvalue weighted by atomic mass is 10.2. The van der Waals surface area contributed by atoms with Crippen LogP contribution in [0.2, 0.25) is 0 Å². The number of rotatable bonds is 7. The summed E-state index contributed by atoms with van der Waals surface area (Å²) in [5.74, 6) is 1.10. The first-order chi connectivity index (χ1) is 8.09. The summed E-state index contributed by atoms with van der Waals surface area (Å²) in [6.07, 6.45) is 1.64. The molecule has 3 heteroatoms. The molecule has 0 heterocycles. The average Bonchev–Trinajstić information content (AvgIpc) is 2.25. The van der Waals surface area contributed by atoms with Crippen molar-refractivity contribution in [1.29, 1.82) is 0 Å². The second-order valence-electron chi connectivity index (χ2n) is 4.40. The zero-order valence-corrected chi connectivity index (χ0v) is 10.8. The summed E-state index contributed by atoms with van der Waals surface area (Å²) in [5.41, 5.74) is 0.991. The van der Waals surface area contributed by atoms with Crippen molar-refractivity contribution in [3.05, 3.63) is 24.3 Å². The molecule has 0 amide bonds. The van der Waals surface area contributed by atoms with E-state index in [1.54, 1.807) is 6.92 Å². The van der Waals surface area contributed by atoms with Gasteiger partial charge in [-0.05, 0) is 39.3 Å². The Bertz CT molecular complexity index is 361. The molecule has 94 valence electrons. The molecule has 0 aliphatic heterocycles. The molecule has 1 N–H and O–H groups in total. The van der Waals surface area contributed by atoms with Gasteiger partial charge in [0.05, 0.1) is 11.8 Å². The number of ketones is 1. The molecule has 1 aromatic carbocycles. The summed E-state index contributed by atoms with van der Waals surface area (Å²) in [4.78, 5) is 10.8. The van der Waals surface area contributed by atoms with E-state index in [-0.39, 0.29) is 11.9 Å².